The number of fused-ring (bicyclic) bond motifs is 1. The van der Waals surface area contributed by atoms with E-state index < -0.39 is 0 Å². The van der Waals surface area contributed by atoms with Gasteiger partial charge in [-0.15, -0.1) is 0 Å². The molecule has 0 aromatic carbocycles. The Balaban J connectivity index is 2.60. The maximum atomic E-state index is 4.48. The summed E-state index contributed by atoms with van der Waals surface area (Å²) in [5.74, 6) is 1.10. The normalized spacial score (nSPS) is 15.1. The van der Waals surface area contributed by atoms with Crippen LogP contribution in [0.5, 0.6) is 0 Å². The Labute approximate surface area is 72.7 Å². The quantitative estimate of drug-likeness (QED) is 0.518. The molecule has 0 saturated heterocycles. The van der Waals surface area contributed by atoms with Crippen molar-refractivity contribution in [1.29, 1.82) is 0 Å². The van der Waals surface area contributed by atoms with Crippen LogP contribution in [0.15, 0.2) is 6.07 Å². The fraction of sp³-hybridized carbons (Fsp3) is 0.556. The van der Waals surface area contributed by atoms with E-state index in [1.54, 1.807) is 0 Å². The van der Waals surface area contributed by atoms with Crippen LogP contribution < -0.4 is 9.47 Å². The molecule has 3 heteroatoms. The Kier molecular flexibility index (Phi) is 1.53. The zero-order valence-electron chi connectivity index (χ0n) is 7.83. The average molecular weight is 164 g/mol. The molecule has 0 amide bonds. The van der Waals surface area contributed by atoms with Crippen molar-refractivity contribution in [3.8, 4) is 0 Å². The minimum atomic E-state index is 1.07. The Hall–Kier alpha value is -1.12. The van der Waals surface area contributed by atoms with Crippen molar-refractivity contribution in [2.24, 2.45) is 0 Å². The third-order valence-corrected chi connectivity index (χ3v) is 2.36. The Morgan fingerprint density at radius 3 is 3.00 bits per heavy atom. The second kappa shape index (κ2) is 2.44. The Bertz CT molecular complexity index is 320. The highest BCUT2D eigenvalue weighted by molar-refractivity contribution is 5.25. The predicted octanol–water partition coefficient (Wildman–Crippen LogP) is 0.436. The van der Waals surface area contributed by atoms with Crippen LogP contribution in [0.2, 0.25) is 0 Å². The molecule has 0 N–H and O–H groups in total. The molecular weight excluding hydrogens is 150 g/mol. The molecule has 0 saturated carbocycles. The van der Waals surface area contributed by atoms with Gasteiger partial charge in [0.1, 0.15) is 12.2 Å². The van der Waals surface area contributed by atoms with Crippen LogP contribution in [0.25, 0.3) is 0 Å². The van der Waals surface area contributed by atoms with Crippen molar-refractivity contribution in [3.63, 3.8) is 0 Å². The van der Waals surface area contributed by atoms with Gasteiger partial charge >= 0.3 is 5.95 Å². The van der Waals surface area contributed by atoms with Gasteiger partial charge in [0, 0.05) is 6.07 Å². The summed E-state index contributed by atoms with van der Waals surface area (Å²) in [4.78, 5) is 6.68. The molecule has 1 aliphatic heterocycles. The van der Waals surface area contributed by atoms with E-state index in [0.717, 1.165) is 24.7 Å². The third-order valence-electron chi connectivity index (χ3n) is 2.36. The minimum Gasteiger partial charge on any atom is -0.261 e. The average Bonchev–Trinajstić information content (AvgIpc) is 2.33. The van der Waals surface area contributed by atoms with E-state index >= 15 is 0 Å². The standard InChI is InChI=1S/C9H14N3/c1-7-6-8(2)12-5-4-11(3)9(12)10-7/h6H,4-5H2,1-3H3/q+1. The Morgan fingerprint density at radius 2 is 2.25 bits per heavy atom. The second-order valence-electron chi connectivity index (χ2n) is 3.41. The van der Waals surface area contributed by atoms with Gasteiger partial charge in [-0.2, -0.15) is 0 Å². The Morgan fingerprint density at radius 1 is 1.50 bits per heavy atom. The fourth-order valence-corrected chi connectivity index (χ4v) is 1.71. The van der Waals surface area contributed by atoms with Crippen molar-refractivity contribution >= 4 is 5.95 Å². The summed E-state index contributed by atoms with van der Waals surface area (Å²) in [6, 6.07) is 2.13. The van der Waals surface area contributed by atoms with E-state index in [9.17, 15) is 0 Å². The van der Waals surface area contributed by atoms with Gasteiger partial charge in [-0.1, -0.05) is 4.98 Å². The van der Waals surface area contributed by atoms with Gasteiger partial charge in [0.25, 0.3) is 0 Å². The molecule has 0 unspecified atom stereocenters. The lowest BCUT2D eigenvalue weighted by molar-refractivity contribution is -0.679. The highest BCUT2D eigenvalue weighted by atomic mass is 15.3. The summed E-state index contributed by atoms with van der Waals surface area (Å²) in [7, 11) is 2.09. The van der Waals surface area contributed by atoms with Gasteiger partial charge in [0.15, 0.2) is 0 Å². The largest absolute Gasteiger partial charge is 0.394 e. The molecule has 0 spiro atoms. The lowest BCUT2D eigenvalue weighted by atomic mass is 10.3. The lowest BCUT2D eigenvalue weighted by Gasteiger charge is -2.02. The first-order valence-electron chi connectivity index (χ1n) is 4.28. The van der Waals surface area contributed by atoms with Gasteiger partial charge in [-0.3, -0.25) is 4.90 Å². The second-order valence-corrected chi connectivity index (χ2v) is 3.41. The van der Waals surface area contributed by atoms with Crippen molar-refractivity contribution in [2.45, 2.75) is 20.4 Å². The number of rotatable bonds is 0. The third kappa shape index (κ3) is 0.967. The molecule has 2 rings (SSSR count). The van der Waals surface area contributed by atoms with Crippen LogP contribution in [0, 0.1) is 13.8 Å². The van der Waals surface area contributed by atoms with Crippen molar-refractivity contribution in [1.82, 2.24) is 4.98 Å². The van der Waals surface area contributed by atoms with E-state index in [2.05, 4.69) is 34.5 Å². The number of aromatic nitrogens is 2. The summed E-state index contributed by atoms with van der Waals surface area (Å²) in [5, 5.41) is 0. The highest BCUT2D eigenvalue weighted by Gasteiger charge is 2.26. The van der Waals surface area contributed by atoms with Crippen molar-refractivity contribution in [2.75, 3.05) is 18.5 Å². The molecule has 0 bridgehead atoms. The minimum absolute atomic E-state index is 1.07. The molecule has 0 atom stereocenters. The first kappa shape index (κ1) is 7.53. The molecule has 12 heavy (non-hydrogen) atoms. The number of hydrogen-bond acceptors (Lipinski definition) is 2. The van der Waals surface area contributed by atoms with E-state index in [0.29, 0.717) is 0 Å². The van der Waals surface area contributed by atoms with E-state index in [4.69, 9.17) is 0 Å². The molecule has 0 radical (unpaired) electrons. The first-order chi connectivity index (χ1) is 5.68. The summed E-state index contributed by atoms with van der Waals surface area (Å²) in [6.45, 7) is 6.33. The van der Waals surface area contributed by atoms with Crippen LogP contribution in [-0.4, -0.2) is 18.6 Å². The SMILES string of the molecule is Cc1cc(C)[n+]2c(n1)N(C)CC2. The predicted molar refractivity (Wildman–Crippen MR) is 47.2 cm³/mol. The first-order valence-corrected chi connectivity index (χ1v) is 4.28. The molecule has 2 heterocycles. The van der Waals surface area contributed by atoms with Crippen LogP contribution in [0.3, 0.4) is 0 Å². The van der Waals surface area contributed by atoms with Crippen LogP contribution in [0.4, 0.5) is 5.95 Å². The summed E-state index contributed by atoms with van der Waals surface area (Å²) in [5.41, 5.74) is 2.41. The summed E-state index contributed by atoms with van der Waals surface area (Å²) in [6.07, 6.45) is 0. The number of likely N-dealkylation sites (N-methyl/N-ethyl adjacent to an activating group) is 1. The topological polar surface area (TPSA) is 20.0 Å². The zero-order valence-corrected chi connectivity index (χ0v) is 7.83. The van der Waals surface area contributed by atoms with E-state index in [1.165, 1.54) is 5.69 Å². The summed E-state index contributed by atoms with van der Waals surface area (Å²) < 4.78 is 2.26. The van der Waals surface area contributed by atoms with E-state index in [1.807, 2.05) is 6.92 Å². The molecule has 1 aromatic heterocycles. The van der Waals surface area contributed by atoms with Gasteiger partial charge in [0.05, 0.1) is 19.3 Å². The molecule has 0 aliphatic carbocycles. The molecular formula is C9H14N3+. The van der Waals surface area contributed by atoms with Crippen molar-refractivity contribution < 1.29 is 4.57 Å². The fourth-order valence-electron chi connectivity index (χ4n) is 1.71. The van der Waals surface area contributed by atoms with Crippen molar-refractivity contribution in [3.05, 3.63) is 17.5 Å². The number of hydrogen-bond donors (Lipinski definition) is 0. The number of nitrogens with zero attached hydrogens (tertiary/aromatic N) is 3. The smallest absolute Gasteiger partial charge is 0.261 e. The number of aryl methyl sites for hydroxylation is 2. The molecule has 0 fully saturated rings. The highest BCUT2D eigenvalue weighted by Crippen LogP contribution is 2.10. The van der Waals surface area contributed by atoms with Gasteiger partial charge in [-0.05, 0) is 13.8 Å². The zero-order chi connectivity index (χ0) is 8.72. The van der Waals surface area contributed by atoms with Crippen LogP contribution in [0.1, 0.15) is 11.4 Å². The van der Waals surface area contributed by atoms with Crippen LogP contribution in [-0.2, 0) is 6.54 Å². The maximum absolute atomic E-state index is 4.48. The monoisotopic (exact) mass is 164 g/mol. The molecule has 64 valence electrons. The maximum Gasteiger partial charge on any atom is 0.394 e. The molecule has 1 aromatic rings. The van der Waals surface area contributed by atoms with Gasteiger partial charge in [0.2, 0.25) is 0 Å². The number of anilines is 1. The lowest BCUT2D eigenvalue weighted by Crippen LogP contribution is -2.35. The van der Waals surface area contributed by atoms with E-state index in [-0.39, 0.29) is 0 Å². The van der Waals surface area contributed by atoms with Gasteiger partial charge in [-0.25, -0.2) is 4.57 Å². The molecule has 3 nitrogen and oxygen atoms in total. The van der Waals surface area contributed by atoms with Crippen LogP contribution >= 0.6 is 0 Å². The molecule has 1 aliphatic rings. The van der Waals surface area contributed by atoms with Gasteiger partial charge < -0.3 is 0 Å². The summed E-state index contributed by atoms with van der Waals surface area (Å²) >= 11 is 0.